The molecule has 1 fully saturated rings. The number of carbonyl (C=O) groups excluding carboxylic acids is 1. The van der Waals surface area contributed by atoms with Gasteiger partial charge < -0.3 is 15.4 Å². The third kappa shape index (κ3) is 4.42. The van der Waals surface area contributed by atoms with Gasteiger partial charge in [0.1, 0.15) is 5.75 Å². The Bertz CT molecular complexity index is 735. The first kappa shape index (κ1) is 18.4. The summed E-state index contributed by atoms with van der Waals surface area (Å²) in [6.45, 7) is 2.54. The summed E-state index contributed by atoms with van der Waals surface area (Å²) < 4.78 is 5.24. The molecule has 2 aromatic carbocycles. The summed E-state index contributed by atoms with van der Waals surface area (Å²) in [5, 5.41) is 0. The van der Waals surface area contributed by atoms with Crippen molar-refractivity contribution in [2.75, 3.05) is 33.8 Å². The zero-order valence-electron chi connectivity index (χ0n) is 15.5. The maximum absolute atomic E-state index is 12.6. The molecular formula is C21H27N3O2. The molecule has 138 valence electrons. The van der Waals surface area contributed by atoms with E-state index in [1.54, 1.807) is 12.0 Å². The number of hydrogen-bond acceptors (Lipinski definition) is 4. The Morgan fingerprint density at radius 1 is 1.19 bits per heavy atom. The molecule has 2 aromatic rings. The van der Waals surface area contributed by atoms with Crippen molar-refractivity contribution >= 4 is 5.91 Å². The largest absolute Gasteiger partial charge is 0.497 e. The first-order chi connectivity index (χ1) is 12.6. The number of hydrogen-bond donors (Lipinski definition) is 1. The minimum atomic E-state index is 0.0638. The van der Waals surface area contributed by atoms with Crippen LogP contribution in [0.5, 0.6) is 5.75 Å². The number of likely N-dealkylation sites (tertiary alicyclic amines) is 1. The quantitative estimate of drug-likeness (QED) is 0.864. The minimum Gasteiger partial charge on any atom is -0.497 e. The summed E-state index contributed by atoms with van der Waals surface area (Å²) in [5.41, 5.74) is 8.63. The number of carbonyl (C=O) groups is 1. The molecule has 1 aliphatic rings. The second-order valence-corrected chi connectivity index (χ2v) is 6.98. The van der Waals surface area contributed by atoms with Gasteiger partial charge in [-0.2, -0.15) is 0 Å². The fraction of sp³-hybridized carbons (Fsp3) is 0.381. The zero-order valence-corrected chi connectivity index (χ0v) is 15.5. The molecule has 0 saturated carbocycles. The Labute approximate surface area is 155 Å². The predicted octanol–water partition coefficient (Wildman–Crippen LogP) is 2.08. The number of ether oxygens (including phenoxy) is 1. The molecule has 1 aliphatic heterocycles. The molecule has 26 heavy (non-hydrogen) atoms. The van der Waals surface area contributed by atoms with E-state index < -0.39 is 0 Å². The Morgan fingerprint density at radius 2 is 1.96 bits per heavy atom. The molecular weight excluding hydrogens is 326 g/mol. The third-order valence-corrected chi connectivity index (χ3v) is 5.01. The molecule has 0 aromatic heterocycles. The SMILES string of the molecule is COc1cccc(CN(C)C(=O)CN2C[C@@H](N)[C@H](c3ccccc3)C2)c1. The van der Waals surface area contributed by atoms with Crippen molar-refractivity contribution < 1.29 is 9.53 Å². The van der Waals surface area contributed by atoms with Gasteiger partial charge >= 0.3 is 0 Å². The third-order valence-electron chi connectivity index (χ3n) is 5.01. The van der Waals surface area contributed by atoms with Gasteiger partial charge in [0.25, 0.3) is 0 Å². The average molecular weight is 353 g/mol. The molecule has 1 saturated heterocycles. The first-order valence-electron chi connectivity index (χ1n) is 8.96. The van der Waals surface area contributed by atoms with Crippen molar-refractivity contribution in [3.63, 3.8) is 0 Å². The van der Waals surface area contributed by atoms with Crippen LogP contribution in [0.1, 0.15) is 17.0 Å². The molecule has 2 N–H and O–H groups in total. The molecule has 0 spiro atoms. The standard InChI is InChI=1S/C21H27N3O2/c1-23(12-16-7-6-10-18(11-16)26-2)21(25)15-24-13-19(20(22)14-24)17-8-4-3-5-9-17/h3-11,19-20H,12-15,22H2,1-2H3/t19-,20+/m0/s1. The number of likely N-dealkylation sites (N-methyl/N-ethyl adjacent to an activating group) is 1. The molecule has 5 heteroatoms. The van der Waals surface area contributed by atoms with Crippen LogP contribution in [0.3, 0.4) is 0 Å². The van der Waals surface area contributed by atoms with Crippen molar-refractivity contribution in [2.45, 2.75) is 18.5 Å². The summed E-state index contributed by atoms with van der Waals surface area (Å²) in [7, 11) is 3.49. The minimum absolute atomic E-state index is 0.0638. The molecule has 3 rings (SSSR count). The lowest BCUT2D eigenvalue weighted by atomic mass is 9.95. The highest BCUT2D eigenvalue weighted by atomic mass is 16.5. The molecule has 1 heterocycles. The highest BCUT2D eigenvalue weighted by molar-refractivity contribution is 5.78. The van der Waals surface area contributed by atoms with Gasteiger partial charge in [-0.3, -0.25) is 9.69 Å². The summed E-state index contributed by atoms with van der Waals surface area (Å²) in [6.07, 6.45) is 0. The molecule has 0 bridgehead atoms. The Balaban J connectivity index is 1.56. The average Bonchev–Trinajstić information content (AvgIpc) is 3.02. The Kier molecular flexibility index (Phi) is 5.91. The highest BCUT2D eigenvalue weighted by Crippen LogP contribution is 2.26. The monoisotopic (exact) mass is 353 g/mol. The molecule has 0 radical (unpaired) electrons. The normalized spacial score (nSPS) is 20.1. The van der Waals surface area contributed by atoms with Gasteiger partial charge in [0.2, 0.25) is 5.91 Å². The fourth-order valence-corrected chi connectivity index (χ4v) is 3.54. The van der Waals surface area contributed by atoms with E-state index >= 15 is 0 Å². The number of nitrogens with zero attached hydrogens (tertiary/aromatic N) is 2. The van der Waals surface area contributed by atoms with E-state index in [9.17, 15) is 4.79 Å². The molecule has 5 nitrogen and oxygen atoms in total. The number of nitrogens with two attached hydrogens (primary N) is 1. The Hall–Kier alpha value is -2.37. The zero-order chi connectivity index (χ0) is 18.5. The summed E-state index contributed by atoms with van der Waals surface area (Å²) in [4.78, 5) is 16.5. The maximum atomic E-state index is 12.6. The van der Waals surface area contributed by atoms with Crippen LogP contribution < -0.4 is 10.5 Å². The smallest absolute Gasteiger partial charge is 0.236 e. The lowest BCUT2D eigenvalue weighted by Crippen LogP contribution is -2.38. The first-order valence-corrected chi connectivity index (χ1v) is 8.96. The number of methoxy groups -OCH3 is 1. The van der Waals surface area contributed by atoms with Crippen molar-refractivity contribution in [1.29, 1.82) is 0 Å². The number of benzene rings is 2. The molecule has 1 amide bonds. The topological polar surface area (TPSA) is 58.8 Å². The van der Waals surface area contributed by atoms with Gasteiger partial charge in [-0.25, -0.2) is 0 Å². The van der Waals surface area contributed by atoms with E-state index in [1.807, 2.05) is 49.5 Å². The lowest BCUT2D eigenvalue weighted by Gasteiger charge is -2.22. The van der Waals surface area contributed by atoms with Crippen LogP contribution in [-0.4, -0.2) is 55.5 Å². The van der Waals surface area contributed by atoms with E-state index in [0.29, 0.717) is 13.1 Å². The Morgan fingerprint density at radius 3 is 2.69 bits per heavy atom. The van der Waals surface area contributed by atoms with Gasteiger partial charge in [0.05, 0.1) is 13.7 Å². The maximum Gasteiger partial charge on any atom is 0.236 e. The van der Waals surface area contributed by atoms with Gasteiger partial charge in [0, 0.05) is 38.6 Å². The van der Waals surface area contributed by atoms with Crippen LogP contribution in [-0.2, 0) is 11.3 Å². The summed E-state index contributed by atoms with van der Waals surface area (Å²) >= 11 is 0. The molecule has 0 aliphatic carbocycles. The van der Waals surface area contributed by atoms with Crippen molar-refractivity contribution in [2.24, 2.45) is 5.73 Å². The van der Waals surface area contributed by atoms with E-state index in [1.165, 1.54) is 5.56 Å². The number of rotatable bonds is 6. The van der Waals surface area contributed by atoms with Crippen LogP contribution in [0.25, 0.3) is 0 Å². The summed E-state index contributed by atoms with van der Waals surface area (Å²) in [5.74, 6) is 1.20. The van der Waals surface area contributed by atoms with E-state index in [4.69, 9.17) is 10.5 Å². The van der Waals surface area contributed by atoms with Crippen molar-refractivity contribution in [1.82, 2.24) is 9.80 Å². The molecule has 0 unspecified atom stereocenters. The van der Waals surface area contributed by atoms with Gasteiger partial charge in [0.15, 0.2) is 0 Å². The highest BCUT2D eigenvalue weighted by Gasteiger charge is 2.32. The predicted molar refractivity (Wildman–Crippen MR) is 103 cm³/mol. The second-order valence-electron chi connectivity index (χ2n) is 6.98. The van der Waals surface area contributed by atoms with Crippen LogP contribution in [0.2, 0.25) is 0 Å². The summed E-state index contributed by atoms with van der Waals surface area (Å²) in [6, 6.07) is 18.2. The van der Waals surface area contributed by atoms with Crippen LogP contribution in [0, 0.1) is 0 Å². The second kappa shape index (κ2) is 8.34. The van der Waals surface area contributed by atoms with Crippen molar-refractivity contribution in [3.05, 3.63) is 65.7 Å². The van der Waals surface area contributed by atoms with Gasteiger partial charge in [-0.15, -0.1) is 0 Å². The van der Waals surface area contributed by atoms with Crippen LogP contribution in [0.15, 0.2) is 54.6 Å². The van der Waals surface area contributed by atoms with E-state index in [0.717, 1.165) is 24.4 Å². The molecule has 2 atom stereocenters. The van der Waals surface area contributed by atoms with Gasteiger partial charge in [-0.05, 0) is 23.3 Å². The van der Waals surface area contributed by atoms with Gasteiger partial charge in [-0.1, -0.05) is 42.5 Å². The van der Waals surface area contributed by atoms with Crippen molar-refractivity contribution in [3.8, 4) is 5.75 Å². The number of amides is 1. The van der Waals surface area contributed by atoms with Crippen LogP contribution in [0.4, 0.5) is 0 Å². The van der Waals surface area contributed by atoms with Crippen LogP contribution >= 0.6 is 0 Å². The lowest BCUT2D eigenvalue weighted by molar-refractivity contribution is -0.131. The fourth-order valence-electron chi connectivity index (χ4n) is 3.54. The van der Waals surface area contributed by atoms with E-state index in [2.05, 4.69) is 17.0 Å². The van der Waals surface area contributed by atoms with E-state index in [-0.39, 0.29) is 17.9 Å².